The first kappa shape index (κ1) is 21.5. The Labute approximate surface area is 172 Å². The third-order valence-corrected chi connectivity index (χ3v) is 7.11. The Morgan fingerprint density at radius 1 is 1.21 bits per heavy atom. The second-order valence-corrected chi connectivity index (χ2v) is 9.48. The summed E-state index contributed by atoms with van der Waals surface area (Å²) in [5, 5.41) is 2.95. The topological polar surface area (TPSA) is 66.5 Å². The fourth-order valence-electron chi connectivity index (χ4n) is 3.65. The monoisotopic (exact) mass is 418 g/mol. The standard InChI is InChI=1S/C22H27FN2O3S/c1-17-5-2-6-18(15-17)7-3-13-24-22(26)19-8-4-14-25(16-19)29(27,28)21-11-9-20(23)10-12-21/h2,5-6,9-12,15,19H,3-4,7-8,13-14,16H2,1H3,(H,24,26)/t19-/m1/s1. The maximum absolute atomic E-state index is 13.1. The highest BCUT2D eigenvalue weighted by molar-refractivity contribution is 7.89. The van der Waals surface area contributed by atoms with Crippen LogP contribution in [0.5, 0.6) is 0 Å². The lowest BCUT2D eigenvalue weighted by Crippen LogP contribution is -2.45. The minimum atomic E-state index is -3.72. The van der Waals surface area contributed by atoms with Gasteiger partial charge in [-0.2, -0.15) is 4.31 Å². The van der Waals surface area contributed by atoms with Crippen LogP contribution in [0, 0.1) is 18.7 Å². The van der Waals surface area contributed by atoms with Gasteiger partial charge in [-0.25, -0.2) is 12.8 Å². The second-order valence-electron chi connectivity index (χ2n) is 7.54. The predicted molar refractivity (Wildman–Crippen MR) is 110 cm³/mol. The Bertz CT molecular complexity index is 945. The van der Waals surface area contributed by atoms with Crippen molar-refractivity contribution in [3.63, 3.8) is 0 Å². The minimum absolute atomic E-state index is 0.0538. The van der Waals surface area contributed by atoms with Gasteiger partial charge in [-0.3, -0.25) is 4.79 Å². The molecule has 0 aromatic heterocycles. The number of halogens is 1. The van der Waals surface area contributed by atoms with Gasteiger partial charge in [0.1, 0.15) is 5.82 Å². The number of rotatable bonds is 7. The number of nitrogens with zero attached hydrogens (tertiary/aromatic N) is 1. The fraction of sp³-hybridized carbons (Fsp3) is 0.409. The van der Waals surface area contributed by atoms with E-state index in [1.807, 2.05) is 6.07 Å². The van der Waals surface area contributed by atoms with E-state index in [1.54, 1.807) is 0 Å². The van der Waals surface area contributed by atoms with Gasteiger partial charge in [0.05, 0.1) is 10.8 Å². The van der Waals surface area contributed by atoms with E-state index in [-0.39, 0.29) is 23.3 Å². The predicted octanol–water partition coefficient (Wildman–Crippen LogP) is 3.28. The molecule has 0 spiro atoms. The number of nitrogens with one attached hydrogen (secondary N) is 1. The number of carbonyl (C=O) groups is 1. The summed E-state index contributed by atoms with van der Waals surface area (Å²) in [6.07, 6.45) is 3.01. The van der Waals surface area contributed by atoms with E-state index in [4.69, 9.17) is 0 Å². The number of hydrogen-bond acceptors (Lipinski definition) is 3. The number of benzene rings is 2. The summed E-state index contributed by atoms with van der Waals surface area (Å²) >= 11 is 0. The van der Waals surface area contributed by atoms with Crippen molar-refractivity contribution in [2.45, 2.75) is 37.5 Å². The zero-order valence-corrected chi connectivity index (χ0v) is 17.4. The lowest BCUT2D eigenvalue weighted by molar-refractivity contribution is -0.126. The van der Waals surface area contributed by atoms with Gasteiger partial charge in [0, 0.05) is 19.6 Å². The largest absolute Gasteiger partial charge is 0.356 e. The van der Waals surface area contributed by atoms with Crippen molar-refractivity contribution in [3.8, 4) is 0 Å². The van der Waals surface area contributed by atoms with Crippen LogP contribution in [-0.4, -0.2) is 38.3 Å². The van der Waals surface area contributed by atoms with E-state index in [0.717, 1.165) is 25.0 Å². The third kappa shape index (κ3) is 5.64. The molecule has 29 heavy (non-hydrogen) atoms. The molecule has 0 radical (unpaired) electrons. The first-order valence-electron chi connectivity index (χ1n) is 9.95. The average Bonchev–Trinajstić information content (AvgIpc) is 2.71. The van der Waals surface area contributed by atoms with E-state index >= 15 is 0 Å². The van der Waals surface area contributed by atoms with Crippen LogP contribution in [-0.2, 0) is 21.2 Å². The molecule has 0 aliphatic carbocycles. The molecule has 3 rings (SSSR count). The average molecular weight is 419 g/mol. The van der Waals surface area contributed by atoms with Gasteiger partial charge in [-0.05, 0) is 62.4 Å². The van der Waals surface area contributed by atoms with Crippen LogP contribution in [0.3, 0.4) is 0 Å². The number of hydrogen-bond donors (Lipinski definition) is 1. The molecule has 2 aromatic rings. The summed E-state index contributed by atoms with van der Waals surface area (Å²) < 4.78 is 40.0. The molecule has 1 aliphatic heterocycles. The van der Waals surface area contributed by atoms with Crippen LogP contribution in [0.15, 0.2) is 53.4 Å². The molecule has 0 unspecified atom stereocenters. The van der Waals surface area contributed by atoms with Crippen molar-refractivity contribution >= 4 is 15.9 Å². The fourth-order valence-corrected chi connectivity index (χ4v) is 5.17. The van der Waals surface area contributed by atoms with Crippen LogP contribution in [0.4, 0.5) is 4.39 Å². The molecule has 1 aliphatic rings. The second kappa shape index (κ2) is 9.50. The minimum Gasteiger partial charge on any atom is -0.356 e. The van der Waals surface area contributed by atoms with Gasteiger partial charge < -0.3 is 5.32 Å². The van der Waals surface area contributed by atoms with Crippen molar-refractivity contribution in [3.05, 3.63) is 65.5 Å². The van der Waals surface area contributed by atoms with Gasteiger partial charge in [0.25, 0.3) is 0 Å². The maximum atomic E-state index is 13.1. The van der Waals surface area contributed by atoms with Crippen molar-refractivity contribution in [1.29, 1.82) is 0 Å². The normalized spacial score (nSPS) is 17.8. The Kier molecular flexibility index (Phi) is 7.03. The first-order chi connectivity index (χ1) is 13.9. The summed E-state index contributed by atoms with van der Waals surface area (Å²) in [5.41, 5.74) is 2.46. The molecule has 1 N–H and O–H groups in total. The van der Waals surface area contributed by atoms with E-state index in [1.165, 1.54) is 27.6 Å². The molecular formula is C22H27FN2O3S. The molecule has 5 nitrogen and oxygen atoms in total. The van der Waals surface area contributed by atoms with Gasteiger partial charge in [-0.1, -0.05) is 29.8 Å². The zero-order chi connectivity index (χ0) is 20.9. The Balaban J connectivity index is 1.51. The molecule has 0 bridgehead atoms. The molecular weight excluding hydrogens is 391 g/mol. The number of sulfonamides is 1. The van der Waals surface area contributed by atoms with Gasteiger partial charge >= 0.3 is 0 Å². The molecule has 0 saturated carbocycles. The van der Waals surface area contributed by atoms with Gasteiger partial charge in [0.15, 0.2) is 0 Å². The van der Waals surface area contributed by atoms with Crippen molar-refractivity contribution < 1.29 is 17.6 Å². The maximum Gasteiger partial charge on any atom is 0.243 e. The van der Waals surface area contributed by atoms with E-state index in [0.29, 0.717) is 25.9 Å². The summed E-state index contributed by atoms with van der Waals surface area (Å²) in [4.78, 5) is 12.6. The van der Waals surface area contributed by atoms with Crippen molar-refractivity contribution in [2.24, 2.45) is 5.92 Å². The van der Waals surface area contributed by atoms with E-state index < -0.39 is 15.8 Å². The highest BCUT2D eigenvalue weighted by Crippen LogP contribution is 2.24. The van der Waals surface area contributed by atoms with Gasteiger partial charge in [-0.15, -0.1) is 0 Å². The smallest absolute Gasteiger partial charge is 0.243 e. The van der Waals surface area contributed by atoms with Crippen LogP contribution in [0.2, 0.25) is 0 Å². The number of piperidine rings is 1. The molecule has 1 saturated heterocycles. The van der Waals surface area contributed by atoms with Crippen LogP contribution >= 0.6 is 0 Å². The quantitative estimate of drug-likeness (QED) is 0.702. The highest BCUT2D eigenvalue weighted by atomic mass is 32.2. The summed E-state index contributed by atoms with van der Waals surface area (Å²) in [5.74, 6) is -0.947. The number of carbonyl (C=O) groups excluding carboxylic acids is 1. The molecule has 1 atom stereocenters. The Morgan fingerprint density at radius 2 is 1.97 bits per heavy atom. The summed E-state index contributed by atoms with van der Waals surface area (Å²) in [6.45, 7) is 3.15. The molecule has 7 heteroatoms. The summed E-state index contributed by atoms with van der Waals surface area (Å²) in [7, 11) is -3.72. The van der Waals surface area contributed by atoms with E-state index in [2.05, 4.69) is 30.4 Å². The molecule has 1 amide bonds. The first-order valence-corrected chi connectivity index (χ1v) is 11.4. The third-order valence-electron chi connectivity index (χ3n) is 5.23. The number of aryl methyl sites for hydroxylation is 2. The van der Waals surface area contributed by atoms with Crippen molar-refractivity contribution in [2.75, 3.05) is 19.6 Å². The molecule has 2 aromatic carbocycles. The molecule has 1 heterocycles. The van der Waals surface area contributed by atoms with Crippen LogP contribution in [0.25, 0.3) is 0 Å². The van der Waals surface area contributed by atoms with Gasteiger partial charge in [0.2, 0.25) is 15.9 Å². The number of amides is 1. The SMILES string of the molecule is Cc1cccc(CCCNC(=O)[C@@H]2CCCN(S(=O)(=O)c3ccc(F)cc3)C2)c1. The van der Waals surface area contributed by atoms with Crippen molar-refractivity contribution in [1.82, 2.24) is 9.62 Å². The molecule has 156 valence electrons. The Morgan fingerprint density at radius 3 is 2.69 bits per heavy atom. The Hall–Kier alpha value is -2.25. The van der Waals surface area contributed by atoms with E-state index in [9.17, 15) is 17.6 Å². The highest BCUT2D eigenvalue weighted by Gasteiger charge is 2.33. The zero-order valence-electron chi connectivity index (χ0n) is 16.6. The lowest BCUT2D eigenvalue weighted by atomic mass is 9.98. The summed E-state index contributed by atoms with van der Waals surface area (Å²) in [6, 6.07) is 13.1. The molecule has 1 fully saturated rings. The lowest BCUT2D eigenvalue weighted by Gasteiger charge is -2.31. The van der Waals surface area contributed by atoms with Crippen LogP contribution in [0.1, 0.15) is 30.4 Å². The van der Waals surface area contributed by atoms with Crippen LogP contribution < -0.4 is 5.32 Å².